The molecule has 0 bridgehead atoms. The van der Waals surface area contributed by atoms with Gasteiger partial charge >= 0.3 is 11.7 Å². The number of H-pyrrole nitrogens is 1. The molecule has 0 aliphatic rings. The second-order valence-electron chi connectivity index (χ2n) is 8.27. The molecule has 0 aliphatic carbocycles. The summed E-state index contributed by atoms with van der Waals surface area (Å²) in [7, 11) is 0. The Morgan fingerprint density at radius 3 is 2.33 bits per heavy atom. The third-order valence-electron chi connectivity index (χ3n) is 5.70. The fourth-order valence-corrected chi connectivity index (χ4v) is 4.22. The first-order valence-electron chi connectivity index (χ1n) is 11.3. The van der Waals surface area contributed by atoms with Gasteiger partial charge in [0.15, 0.2) is 0 Å². The van der Waals surface area contributed by atoms with Crippen molar-refractivity contribution in [3.05, 3.63) is 81.0 Å². The highest BCUT2D eigenvalue weighted by molar-refractivity contribution is 7.98. The summed E-state index contributed by atoms with van der Waals surface area (Å²) < 4.78 is 0.869. The van der Waals surface area contributed by atoms with E-state index >= 15 is 0 Å². The number of amides is 2. The maximum absolute atomic E-state index is 13.6. The van der Waals surface area contributed by atoms with E-state index < -0.39 is 47.2 Å². The number of benzene rings is 2. The van der Waals surface area contributed by atoms with Crippen LogP contribution < -0.4 is 21.9 Å². The molecular formula is C25H28N4O6S. The van der Waals surface area contributed by atoms with Crippen LogP contribution in [0.4, 0.5) is 0 Å². The Bertz CT molecular complexity index is 1350. The minimum Gasteiger partial charge on any atom is -0.480 e. The molecule has 11 heteroatoms. The molecule has 0 saturated carbocycles. The highest BCUT2D eigenvalue weighted by Gasteiger charge is 2.30. The average Bonchev–Trinajstić information content (AvgIpc) is 2.86. The predicted molar refractivity (Wildman–Crippen MR) is 138 cm³/mol. The molecule has 3 atom stereocenters. The lowest BCUT2D eigenvalue weighted by atomic mass is 10.0. The maximum Gasteiger partial charge on any atom is 0.329 e. The normalized spacial score (nSPS) is 13.5. The Hall–Kier alpha value is -3.86. The van der Waals surface area contributed by atoms with Crippen LogP contribution in [-0.4, -0.2) is 56.5 Å². The number of carboxylic acids is 1. The van der Waals surface area contributed by atoms with E-state index in [1.165, 1.54) is 18.7 Å². The van der Waals surface area contributed by atoms with E-state index in [1.807, 2.05) is 6.26 Å². The maximum atomic E-state index is 13.6. The lowest BCUT2D eigenvalue weighted by molar-refractivity contribution is -0.141. The Morgan fingerprint density at radius 1 is 1.00 bits per heavy atom. The van der Waals surface area contributed by atoms with E-state index in [9.17, 15) is 24.0 Å². The van der Waals surface area contributed by atoms with Gasteiger partial charge in [-0.1, -0.05) is 42.5 Å². The van der Waals surface area contributed by atoms with Crippen LogP contribution in [0, 0.1) is 0 Å². The van der Waals surface area contributed by atoms with Crippen LogP contribution in [0.15, 0.2) is 64.2 Å². The van der Waals surface area contributed by atoms with E-state index in [1.54, 1.807) is 54.6 Å². The van der Waals surface area contributed by atoms with Gasteiger partial charge in [0.2, 0.25) is 11.8 Å². The van der Waals surface area contributed by atoms with Gasteiger partial charge in [0, 0.05) is 6.42 Å². The van der Waals surface area contributed by atoms with Crippen molar-refractivity contribution in [1.82, 2.24) is 20.2 Å². The minimum atomic E-state index is -1.25. The molecule has 0 saturated heterocycles. The van der Waals surface area contributed by atoms with Gasteiger partial charge in [-0.15, -0.1) is 0 Å². The second kappa shape index (κ2) is 12.2. The lowest BCUT2D eigenvalue weighted by Gasteiger charge is -2.24. The van der Waals surface area contributed by atoms with Crippen LogP contribution >= 0.6 is 11.8 Å². The average molecular weight is 513 g/mol. The SMILES string of the molecule is CSCC[C@H](NC(=O)[C@H](Cc1ccccc1)n1c(=O)[nH]c2ccccc2c1=O)C(=O)N[C@@H](C)C(=O)O. The topological polar surface area (TPSA) is 150 Å². The fourth-order valence-electron chi connectivity index (χ4n) is 3.75. The molecule has 1 heterocycles. The number of rotatable bonds is 11. The molecule has 36 heavy (non-hydrogen) atoms. The number of nitrogens with one attached hydrogen (secondary N) is 3. The highest BCUT2D eigenvalue weighted by atomic mass is 32.2. The smallest absolute Gasteiger partial charge is 0.329 e. The zero-order chi connectivity index (χ0) is 26.2. The number of para-hydroxylation sites is 1. The number of aliphatic carboxylic acids is 1. The molecule has 2 amide bonds. The standard InChI is InChI=1S/C25H28N4O6S/c1-15(24(33)34)26-21(30)19(12-13-36-2)27-22(31)20(14-16-8-4-3-5-9-16)29-23(32)17-10-6-7-11-18(17)28-25(29)35/h3-11,15,19-20H,12-14H2,1-2H3,(H,26,30)(H,27,31)(H,28,35)(H,33,34)/t15-,19-,20-/m0/s1. The van der Waals surface area contributed by atoms with E-state index in [-0.39, 0.29) is 18.2 Å². The van der Waals surface area contributed by atoms with Crippen molar-refractivity contribution >= 4 is 40.4 Å². The number of carbonyl (C=O) groups is 3. The van der Waals surface area contributed by atoms with Crippen LogP contribution in [0.25, 0.3) is 10.9 Å². The summed E-state index contributed by atoms with van der Waals surface area (Å²) in [6.45, 7) is 1.32. The van der Waals surface area contributed by atoms with Gasteiger partial charge in [-0.2, -0.15) is 11.8 Å². The minimum absolute atomic E-state index is 0.0242. The molecule has 0 radical (unpaired) electrons. The van der Waals surface area contributed by atoms with Gasteiger partial charge in [-0.3, -0.25) is 19.2 Å². The number of thioether (sulfide) groups is 1. The van der Waals surface area contributed by atoms with Crippen molar-refractivity contribution in [3.8, 4) is 0 Å². The van der Waals surface area contributed by atoms with Crippen molar-refractivity contribution in [2.24, 2.45) is 0 Å². The molecule has 1 aromatic heterocycles. The summed E-state index contributed by atoms with van der Waals surface area (Å²) in [4.78, 5) is 66.5. The molecule has 3 aromatic rings. The number of hydrogen-bond acceptors (Lipinski definition) is 6. The quantitative estimate of drug-likeness (QED) is 0.302. The third-order valence-corrected chi connectivity index (χ3v) is 6.34. The summed E-state index contributed by atoms with van der Waals surface area (Å²) in [6, 6.07) is 11.9. The van der Waals surface area contributed by atoms with Crippen LogP contribution in [0.2, 0.25) is 0 Å². The molecule has 3 rings (SSSR count). The van der Waals surface area contributed by atoms with Gasteiger partial charge in [-0.25, -0.2) is 9.36 Å². The Kier molecular flexibility index (Phi) is 9.07. The first-order chi connectivity index (χ1) is 17.2. The first-order valence-corrected chi connectivity index (χ1v) is 12.7. The molecular weight excluding hydrogens is 484 g/mol. The van der Waals surface area contributed by atoms with Crippen LogP contribution in [-0.2, 0) is 20.8 Å². The van der Waals surface area contributed by atoms with Crippen molar-refractivity contribution in [2.75, 3.05) is 12.0 Å². The van der Waals surface area contributed by atoms with E-state index in [2.05, 4.69) is 15.6 Å². The van der Waals surface area contributed by atoms with E-state index in [0.717, 1.165) is 4.57 Å². The second-order valence-corrected chi connectivity index (χ2v) is 9.25. The molecule has 2 aromatic carbocycles. The Balaban J connectivity index is 2.01. The third kappa shape index (κ3) is 6.42. The fraction of sp³-hybridized carbons (Fsp3) is 0.320. The lowest BCUT2D eigenvalue weighted by Crippen LogP contribution is -2.54. The Morgan fingerprint density at radius 2 is 1.67 bits per heavy atom. The largest absolute Gasteiger partial charge is 0.480 e. The summed E-state index contributed by atoms with van der Waals surface area (Å²) in [5.74, 6) is -2.06. The van der Waals surface area contributed by atoms with Crippen molar-refractivity contribution in [2.45, 2.75) is 37.9 Å². The number of aromatic nitrogens is 2. The molecule has 190 valence electrons. The van der Waals surface area contributed by atoms with E-state index in [4.69, 9.17) is 5.11 Å². The summed E-state index contributed by atoms with van der Waals surface area (Å²) in [5.41, 5.74) is -0.321. The number of hydrogen-bond donors (Lipinski definition) is 4. The van der Waals surface area contributed by atoms with Crippen LogP contribution in [0.1, 0.15) is 24.9 Å². The molecule has 0 spiro atoms. The van der Waals surface area contributed by atoms with Crippen LogP contribution in [0.3, 0.4) is 0 Å². The number of carboxylic acid groups (broad SMARTS) is 1. The molecule has 0 fully saturated rings. The molecule has 0 unspecified atom stereocenters. The summed E-state index contributed by atoms with van der Waals surface area (Å²) in [5, 5.41) is 14.4. The van der Waals surface area contributed by atoms with Gasteiger partial charge in [0.05, 0.1) is 10.9 Å². The number of aromatic amines is 1. The van der Waals surface area contributed by atoms with Crippen molar-refractivity contribution in [1.29, 1.82) is 0 Å². The summed E-state index contributed by atoms with van der Waals surface area (Å²) in [6.07, 6.45) is 2.09. The highest BCUT2D eigenvalue weighted by Crippen LogP contribution is 2.15. The molecule has 4 N–H and O–H groups in total. The van der Waals surface area contributed by atoms with Gasteiger partial charge in [-0.05, 0) is 43.0 Å². The number of carbonyl (C=O) groups excluding carboxylic acids is 2. The van der Waals surface area contributed by atoms with Crippen molar-refractivity contribution < 1.29 is 19.5 Å². The van der Waals surface area contributed by atoms with Gasteiger partial charge < -0.3 is 20.7 Å². The predicted octanol–water partition coefficient (Wildman–Crippen LogP) is 1.30. The number of nitrogens with zero attached hydrogens (tertiary/aromatic N) is 1. The Labute approximate surface area is 211 Å². The zero-order valence-corrected chi connectivity index (χ0v) is 20.7. The van der Waals surface area contributed by atoms with E-state index in [0.29, 0.717) is 16.8 Å². The van der Waals surface area contributed by atoms with Gasteiger partial charge in [0.1, 0.15) is 18.1 Å². The zero-order valence-electron chi connectivity index (χ0n) is 19.9. The molecule has 0 aliphatic heterocycles. The summed E-state index contributed by atoms with van der Waals surface area (Å²) >= 11 is 1.46. The number of fused-ring (bicyclic) bond motifs is 1. The van der Waals surface area contributed by atoms with Crippen molar-refractivity contribution in [3.63, 3.8) is 0 Å². The monoisotopic (exact) mass is 512 g/mol. The first kappa shape index (κ1) is 26.7. The van der Waals surface area contributed by atoms with Gasteiger partial charge in [0.25, 0.3) is 5.56 Å². The van der Waals surface area contributed by atoms with Crippen LogP contribution in [0.5, 0.6) is 0 Å². The molecule has 10 nitrogen and oxygen atoms in total.